The van der Waals surface area contributed by atoms with E-state index >= 15 is 0 Å². The first-order valence-corrected chi connectivity index (χ1v) is 23.4. The van der Waals surface area contributed by atoms with Crippen LogP contribution in [0.3, 0.4) is 0 Å². The van der Waals surface area contributed by atoms with Crippen molar-refractivity contribution in [1.82, 2.24) is 5.32 Å². The van der Waals surface area contributed by atoms with Gasteiger partial charge in [0.15, 0.2) is 0 Å². The van der Waals surface area contributed by atoms with Crippen molar-refractivity contribution < 1.29 is 32.9 Å². The molecule has 0 spiro atoms. The summed E-state index contributed by atoms with van der Waals surface area (Å²) in [6.07, 6.45) is 58.5. The molecule has 0 aliphatic heterocycles. The molecule has 58 heavy (non-hydrogen) atoms. The third-order valence-electron chi connectivity index (χ3n) is 8.62. The Morgan fingerprint density at radius 1 is 0.603 bits per heavy atom. The van der Waals surface area contributed by atoms with Crippen molar-refractivity contribution >= 4 is 13.7 Å². The average Bonchev–Trinajstić information content (AvgIpc) is 3.17. The summed E-state index contributed by atoms with van der Waals surface area (Å²) in [6.45, 7) is 4.52. The van der Waals surface area contributed by atoms with E-state index in [0.29, 0.717) is 23.9 Å². The van der Waals surface area contributed by atoms with Crippen molar-refractivity contribution in [1.29, 1.82) is 0 Å². The lowest BCUT2D eigenvalue weighted by Gasteiger charge is -2.25. The number of nitrogens with one attached hydrogen (secondary N) is 1. The van der Waals surface area contributed by atoms with Crippen molar-refractivity contribution in [3.8, 4) is 0 Å². The van der Waals surface area contributed by atoms with E-state index in [0.717, 1.165) is 103 Å². The van der Waals surface area contributed by atoms with Gasteiger partial charge in [0, 0.05) is 6.42 Å². The molecule has 0 aromatic carbocycles. The van der Waals surface area contributed by atoms with E-state index in [1.807, 2.05) is 27.2 Å². The highest BCUT2D eigenvalue weighted by Gasteiger charge is 2.27. The first kappa shape index (κ1) is 54.9. The van der Waals surface area contributed by atoms with Gasteiger partial charge >= 0.3 is 7.82 Å². The van der Waals surface area contributed by atoms with Gasteiger partial charge in [-0.1, -0.05) is 148 Å². The van der Waals surface area contributed by atoms with Crippen molar-refractivity contribution in [3.05, 3.63) is 122 Å². The van der Waals surface area contributed by atoms with Gasteiger partial charge in [0.1, 0.15) is 13.2 Å². The molecule has 0 aliphatic rings. The molecule has 0 heterocycles. The molecule has 0 aromatic heterocycles. The summed E-state index contributed by atoms with van der Waals surface area (Å²) in [7, 11) is 1.49. The third-order valence-corrected chi connectivity index (χ3v) is 9.61. The van der Waals surface area contributed by atoms with Gasteiger partial charge in [-0.3, -0.25) is 13.8 Å². The number of unbranched alkanes of at least 4 members (excludes halogenated alkanes) is 6. The van der Waals surface area contributed by atoms with Crippen LogP contribution in [-0.4, -0.2) is 73.4 Å². The molecule has 328 valence electrons. The number of carbonyl (C=O) groups is 1. The zero-order chi connectivity index (χ0) is 42.8. The number of nitrogens with zero attached hydrogens (tertiary/aromatic N) is 1. The molecule has 0 fully saturated rings. The summed E-state index contributed by atoms with van der Waals surface area (Å²) in [6, 6.07) is -0.895. The minimum absolute atomic E-state index is 0.0387. The van der Waals surface area contributed by atoms with Gasteiger partial charge in [-0.05, 0) is 96.3 Å². The maximum atomic E-state index is 12.8. The summed E-state index contributed by atoms with van der Waals surface area (Å²) in [4.78, 5) is 23.1. The largest absolute Gasteiger partial charge is 0.472 e. The fourth-order valence-corrected chi connectivity index (χ4v) is 5.91. The van der Waals surface area contributed by atoms with E-state index in [2.05, 4.69) is 129 Å². The fraction of sp³-hybridized carbons (Fsp3) is 0.571. The number of hydrogen-bond donors (Lipinski definition) is 3. The molecule has 1 amide bonds. The van der Waals surface area contributed by atoms with Gasteiger partial charge in [-0.25, -0.2) is 4.57 Å². The minimum Gasteiger partial charge on any atom is -0.387 e. The second-order valence-corrected chi connectivity index (χ2v) is 16.8. The molecule has 0 radical (unpaired) electrons. The van der Waals surface area contributed by atoms with Crippen LogP contribution in [-0.2, 0) is 18.4 Å². The molecule has 0 saturated heterocycles. The molecular weight excluding hydrogens is 744 g/mol. The molecule has 0 aliphatic carbocycles. The predicted octanol–water partition coefficient (Wildman–Crippen LogP) is 12.3. The second-order valence-electron chi connectivity index (χ2n) is 15.3. The molecule has 0 bridgehead atoms. The molecule has 3 N–H and O–H groups in total. The lowest BCUT2D eigenvalue weighted by Crippen LogP contribution is -2.45. The van der Waals surface area contributed by atoms with Crippen LogP contribution in [0.25, 0.3) is 0 Å². The highest BCUT2D eigenvalue weighted by Crippen LogP contribution is 2.43. The van der Waals surface area contributed by atoms with Crippen LogP contribution in [0.4, 0.5) is 0 Å². The van der Waals surface area contributed by atoms with E-state index in [1.54, 1.807) is 6.08 Å². The van der Waals surface area contributed by atoms with Crippen LogP contribution in [0.15, 0.2) is 122 Å². The Kier molecular flexibility index (Phi) is 37.3. The van der Waals surface area contributed by atoms with Crippen molar-refractivity contribution in [2.75, 3.05) is 40.9 Å². The quantitative estimate of drug-likeness (QED) is 0.0249. The predicted molar refractivity (Wildman–Crippen MR) is 248 cm³/mol. The van der Waals surface area contributed by atoms with E-state index in [9.17, 15) is 19.4 Å². The number of aliphatic hydroxyl groups excluding tert-OH is 1. The maximum Gasteiger partial charge on any atom is 0.472 e. The van der Waals surface area contributed by atoms with Gasteiger partial charge in [0.2, 0.25) is 5.91 Å². The lowest BCUT2D eigenvalue weighted by molar-refractivity contribution is -0.870. The zero-order valence-electron chi connectivity index (χ0n) is 37.0. The van der Waals surface area contributed by atoms with Crippen LogP contribution in [0.2, 0.25) is 0 Å². The first-order chi connectivity index (χ1) is 28.0. The molecule has 3 unspecified atom stereocenters. The van der Waals surface area contributed by atoms with Crippen LogP contribution in [0, 0.1) is 0 Å². The standard InChI is InChI=1S/C49H81N2O6P/c1-6-8-10-12-14-16-18-19-20-21-22-23-24-25-26-27-28-29-30-31-33-35-37-39-41-43-49(53)50-47(46-57-58(54,55)56-45-44-51(3,4)5)48(52)42-40-38-36-34-32-17-15-13-11-9-7-2/h8,10-11,13-14,16,19-20,22-23,25-26,28-29,31-34,40,42,47-48,52H,6-7,9,12,15,17-18,21,24,27,30,35-39,41,43-46H2,1-5H3,(H-,50,53,54,55)/p+1/b10-8-,13-11+,16-14-,20-19-,23-22-,26-25-,29-28-,33-31-,34-32+,42-40+. The van der Waals surface area contributed by atoms with E-state index in [4.69, 9.17) is 9.05 Å². The number of phosphoric acid groups is 1. The number of likely N-dealkylation sites (N-methyl/N-ethyl adjacent to an activating group) is 1. The Labute approximate surface area is 354 Å². The Bertz CT molecular complexity index is 1350. The maximum absolute atomic E-state index is 12.8. The highest BCUT2D eigenvalue weighted by molar-refractivity contribution is 7.47. The number of rotatable bonds is 37. The van der Waals surface area contributed by atoms with Gasteiger partial charge < -0.3 is 19.8 Å². The Hall–Kier alpha value is -3.10. The van der Waals surface area contributed by atoms with Gasteiger partial charge in [-0.15, -0.1) is 0 Å². The van der Waals surface area contributed by atoms with Crippen LogP contribution < -0.4 is 5.32 Å². The molecule has 0 rings (SSSR count). The number of quaternary nitrogens is 1. The fourth-order valence-electron chi connectivity index (χ4n) is 5.17. The normalized spacial score (nSPS) is 15.5. The Balaban J connectivity index is 4.48. The van der Waals surface area contributed by atoms with Crippen LogP contribution in [0.5, 0.6) is 0 Å². The molecule has 0 saturated carbocycles. The monoisotopic (exact) mass is 826 g/mol. The van der Waals surface area contributed by atoms with Gasteiger partial charge in [0.25, 0.3) is 0 Å². The summed E-state index contributed by atoms with van der Waals surface area (Å²) < 4.78 is 23.4. The van der Waals surface area contributed by atoms with Crippen molar-refractivity contribution in [2.45, 2.75) is 142 Å². The molecule has 9 heteroatoms. The molecule has 0 aromatic rings. The molecule has 8 nitrogen and oxygen atoms in total. The number of aliphatic hydroxyl groups is 1. The summed E-state index contributed by atoms with van der Waals surface area (Å²) in [5.41, 5.74) is 0. The summed E-state index contributed by atoms with van der Waals surface area (Å²) in [5, 5.41) is 13.7. The molecule has 3 atom stereocenters. The van der Waals surface area contributed by atoms with Gasteiger partial charge in [-0.2, -0.15) is 0 Å². The SMILES string of the molecule is CC/C=C\C/C=C\C/C=C\C/C=C\C/C=C\C/C=C\C/C=C\CCCCCC(=O)NC(COP(=O)(O)OCC[N+](C)(C)C)C(O)/C=C/CC/C=C/CC/C=C/CCC. The Morgan fingerprint density at radius 2 is 1.05 bits per heavy atom. The number of hydrogen-bond acceptors (Lipinski definition) is 5. The van der Waals surface area contributed by atoms with E-state index in [-0.39, 0.29) is 19.1 Å². The third kappa shape index (κ3) is 41.1. The highest BCUT2D eigenvalue weighted by atomic mass is 31.2. The van der Waals surface area contributed by atoms with Crippen LogP contribution >= 0.6 is 7.82 Å². The van der Waals surface area contributed by atoms with Crippen molar-refractivity contribution in [3.63, 3.8) is 0 Å². The first-order valence-electron chi connectivity index (χ1n) is 21.9. The lowest BCUT2D eigenvalue weighted by atomic mass is 10.1. The van der Waals surface area contributed by atoms with E-state index in [1.165, 1.54) is 0 Å². The smallest absolute Gasteiger partial charge is 0.387 e. The number of carbonyl (C=O) groups excluding carboxylic acids is 1. The minimum atomic E-state index is -4.36. The van der Waals surface area contributed by atoms with Crippen molar-refractivity contribution in [2.24, 2.45) is 0 Å². The van der Waals surface area contributed by atoms with E-state index < -0.39 is 20.0 Å². The number of allylic oxidation sites excluding steroid dienone is 19. The van der Waals surface area contributed by atoms with Crippen LogP contribution in [0.1, 0.15) is 129 Å². The Morgan fingerprint density at radius 3 is 1.53 bits per heavy atom. The van der Waals surface area contributed by atoms with Gasteiger partial charge in [0.05, 0.1) is 39.9 Å². The average molecular weight is 826 g/mol. The number of phosphoric ester groups is 1. The summed E-state index contributed by atoms with van der Waals surface area (Å²) in [5.74, 6) is -0.233. The number of amides is 1. The second kappa shape index (κ2) is 39.4. The molecular formula is C49H82N2O6P+. The summed E-state index contributed by atoms with van der Waals surface area (Å²) >= 11 is 0. The zero-order valence-corrected chi connectivity index (χ0v) is 37.9. The topological polar surface area (TPSA) is 105 Å².